The van der Waals surface area contributed by atoms with Crippen LogP contribution in [-0.4, -0.2) is 68.2 Å². The van der Waals surface area contributed by atoms with E-state index in [1.165, 1.54) is 0 Å². The maximum absolute atomic E-state index is 12.2. The number of piperidine rings is 1. The highest BCUT2D eigenvalue weighted by molar-refractivity contribution is 14.0. The van der Waals surface area contributed by atoms with Gasteiger partial charge in [-0.3, -0.25) is 9.79 Å². The summed E-state index contributed by atoms with van der Waals surface area (Å²) in [6.45, 7) is 5.38. The van der Waals surface area contributed by atoms with Crippen LogP contribution in [0.5, 0.6) is 5.75 Å². The van der Waals surface area contributed by atoms with Crippen LogP contribution in [0.15, 0.2) is 29.3 Å². The molecule has 10 heteroatoms. The lowest BCUT2D eigenvalue weighted by Crippen LogP contribution is -2.50. The van der Waals surface area contributed by atoms with Gasteiger partial charge < -0.3 is 30.9 Å². The molecule has 3 amide bonds. The van der Waals surface area contributed by atoms with E-state index >= 15 is 0 Å². The summed E-state index contributed by atoms with van der Waals surface area (Å²) >= 11 is 0. The molecular formula is C20H31IN6O3. The Morgan fingerprint density at radius 3 is 2.73 bits per heavy atom. The molecule has 30 heavy (non-hydrogen) atoms. The fourth-order valence-electron chi connectivity index (χ4n) is 3.58. The number of halogens is 1. The van der Waals surface area contributed by atoms with Gasteiger partial charge in [0.25, 0.3) is 5.91 Å². The number of primary amides is 1. The van der Waals surface area contributed by atoms with Crippen LogP contribution < -0.4 is 26.0 Å². The predicted octanol–water partition coefficient (Wildman–Crippen LogP) is 1.52. The fourth-order valence-corrected chi connectivity index (χ4v) is 3.58. The molecular weight excluding hydrogens is 499 g/mol. The summed E-state index contributed by atoms with van der Waals surface area (Å²) in [5.41, 5.74) is 6.16. The molecule has 0 unspecified atom stereocenters. The van der Waals surface area contributed by atoms with Crippen molar-refractivity contribution in [2.45, 2.75) is 32.2 Å². The number of rotatable bonds is 6. The summed E-state index contributed by atoms with van der Waals surface area (Å²) in [7, 11) is 0. The number of amides is 3. The Labute approximate surface area is 194 Å². The first kappa shape index (κ1) is 24.0. The molecule has 0 aromatic heterocycles. The average molecular weight is 530 g/mol. The number of ether oxygens (including phenoxy) is 1. The number of hydrogen-bond acceptors (Lipinski definition) is 4. The van der Waals surface area contributed by atoms with E-state index in [0.29, 0.717) is 26.2 Å². The van der Waals surface area contributed by atoms with Crippen LogP contribution in [-0.2, 0) is 4.79 Å². The standard InChI is InChI=1S/C20H30N6O3.HI/c1-2-22-20(24-15-8-12-25(13-9-15)19(21)28)23-10-5-11-26-16-6-3-4-7-17(16)29-14-18(26)27;/h3-4,6-7,15H,2,5,8-14H2,1H3,(H2,21,28)(H2,22,23,24);1H. The maximum Gasteiger partial charge on any atom is 0.314 e. The Hall–Kier alpha value is -2.24. The minimum atomic E-state index is -0.358. The molecule has 0 atom stereocenters. The number of guanidine groups is 1. The van der Waals surface area contributed by atoms with E-state index < -0.39 is 0 Å². The summed E-state index contributed by atoms with van der Waals surface area (Å²) in [6.07, 6.45) is 2.43. The van der Waals surface area contributed by atoms with Gasteiger partial charge in [-0.05, 0) is 38.3 Å². The summed E-state index contributed by atoms with van der Waals surface area (Å²) in [6, 6.07) is 7.49. The lowest BCUT2D eigenvalue weighted by atomic mass is 10.1. The van der Waals surface area contributed by atoms with Gasteiger partial charge in [0.05, 0.1) is 5.69 Å². The van der Waals surface area contributed by atoms with Crippen molar-refractivity contribution in [3.8, 4) is 5.75 Å². The van der Waals surface area contributed by atoms with Crippen LogP contribution in [0.1, 0.15) is 26.2 Å². The number of carbonyl (C=O) groups is 2. The van der Waals surface area contributed by atoms with Gasteiger partial charge >= 0.3 is 6.03 Å². The number of carbonyl (C=O) groups excluding carboxylic acids is 2. The van der Waals surface area contributed by atoms with Crippen LogP contribution in [0.3, 0.4) is 0 Å². The van der Waals surface area contributed by atoms with Crippen molar-refractivity contribution in [2.24, 2.45) is 10.7 Å². The predicted molar refractivity (Wildman–Crippen MR) is 128 cm³/mol. The van der Waals surface area contributed by atoms with E-state index in [1.54, 1.807) is 9.80 Å². The van der Waals surface area contributed by atoms with Gasteiger partial charge in [0, 0.05) is 38.8 Å². The molecule has 2 heterocycles. The molecule has 3 rings (SSSR count). The number of nitrogens with one attached hydrogen (secondary N) is 2. The molecule has 2 aliphatic rings. The summed E-state index contributed by atoms with van der Waals surface area (Å²) in [5.74, 6) is 1.48. The zero-order valence-electron chi connectivity index (χ0n) is 17.3. The molecule has 166 valence electrons. The number of likely N-dealkylation sites (tertiary alicyclic amines) is 1. The minimum Gasteiger partial charge on any atom is -0.482 e. The van der Waals surface area contributed by atoms with E-state index in [1.807, 2.05) is 31.2 Å². The van der Waals surface area contributed by atoms with E-state index in [9.17, 15) is 9.59 Å². The first-order valence-electron chi connectivity index (χ1n) is 10.2. The summed E-state index contributed by atoms with van der Waals surface area (Å²) in [4.78, 5) is 31.6. The highest BCUT2D eigenvalue weighted by atomic mass is 127. The molecule has 0 spiro atoms. The Morgan fingerprint density at radius 2 is 2.03 bits per heavy atom. The number of nitrogens with two attached hydrogens (primary N) is 1. The molecule has 2 aliphatic heterocycles. The van der Waals surface area contributed by atoms with Crippen LogP contribution >= 0.6 is 24.0 Å². The van der Waals surface area contributed by atoms with Crippen LogP contribution in [0, 0.1) is 0 Å². The molecule has 1 aromatic rings. The zero-order valence-corrected chi connectivity index (χ0v) is 19.6. The highest BCUT2D eigenvalue weighted by Gasteiger charge is 2.24. The highest BCUT2D eigenvalue weighted by Crippen LogP contribution is 2.31. The molecule has 0 aliphatic carbocycles. The van der Waals surface area contributed by atoms with Crippen molar-refractivity contribution in [2.75, 3.05) is 44.2 Å². The molecule has 0 saturated carbocycles. The first-order chi connectivity index (χ1) is 14.1. The molecule has 0 radical (unpaired) electrons. The summed E-state index contributed by atoms with van der Waals surface area (Å²) in [5, 5.41) is 6.70. The third kappa shape index (κ3) is 6.38. The monoisotopic (exact) mass is 530 g/mol. The molecule has 1 saturated heterocycles. The molecule has 1 aromatic carbocycles. The number of aliphatic imine (C=N–C) groups is 1. The van der Waals surface area contributed by atoms with Gasteiger partial charge in [0.1, 0.15) is 5.75 Å². The Kier molecular flexibility index (Phi) is 9.47. The largest absolute Gasteiger partial charge is 0.482 e. The first-order valence-corrected chi connectivity index (χ1v) is 10.2. The van der Waals surface area contributed by atoms with Crippen molar-refractivity contribution in [1.82, 2.24) is 15.5 Å². The normalized spacial score (nSPS) is 17.0. The van der Waals surface area contributed by atoms with Gasteiger partial charge in [-0.25, -0.2) is 4.79 Å². The Morgan fingerprint density at radius 1 is 1.30 bits per heavy atom. The average Bonchev–Trinajstić information content (AvgIpc) is 2.73. The SMILES string of the molecule is CCNC(=NCCCN1C(=O)COc2ccccc21)NC1CCN(C(N)=O)CC1.I. The number of fused-ring (bicyclic) bond motifs is 1. The quantitative estimate of drug-likeness (QED) is 0.224. The number of nitrogens with zero attached hydrogens (tertiary/aromatic N) is 3. The molecule has 9 nitrogen and oxygen atoms in total. The maximum atomic E-state index is 12.2. The second-order valence-corrected chi connectivity index (χ2v) is 7.16. The zero-order chi connectivity index (χ0) is 20.6. The third-order valence-corrected chi connectivity index (χ3v) is 5.11. The van der Waals surface area contributed by atoms with Gasteiger partial charge in [0.2, 0.25) is 0 Å². The van der Waals surface area contributed by atoms with Crippen molar-refractivity contribution >= 4 is 47.6 Å². The van der Waals surface area contributed by atoms with Crippen molar-refractivity contribution < 1.29 is 14.3 Å². The van der Waals surface area contributed by atoms with Crippen LogP contribution in [0.25, 0.3) is 0 Å². The van der Waals surface area contributed by atoms with E-state index in [-0.39, 0.29) is 48.6 Å². The van der Waals surface area contributed by atoms with E-state index in [2.05, 4.69) is 15.6 Å². The van der Waals surface area contributed by atoms with Crippen molar-refractivity contribution in [3.05, 3.63) is 24.3 Å². The smallest absolute Gasteiger partial charge is 0.314 e. The number of hydrogen-bond donors (Lipinski definition) is 3. The van der Waals surface area contributed by atoms with E-state index in [0.717, 1.165) is 43.2 Å². The Balaban J connectivity index is 0.00000320. The fraction of sp³-hybridized carbons (Fsp3) is 0.550. The summed E-state index contributed by atoms with van der Waals surface area (Å²) < 4.78 is 5.48. The van der Waals surface area contributed by atoms with Gasteiger partial charge in [0.15, 0.2) is 12.6 Å². The lowest BCUT2D eigenvalue weighted by Gasteiger charge is -2.32. The van der Waals surface area contributed by atoms with Gasteiger partial charge in [-0.15, -0.1) is 24.0 Å². The number of benzene rings is 1. The minimum absolute atomic E-state index is 0. The number of urea groups is 1. The second-order valence-electron chi connectivity index (χ2n) is 7.16. The topological polar surface area (TPSA) is 112 Å². The molecule has 0 bridgehead atoms. The molecule has 1 fully saturated rings. The second kappa shape index (κ2) is 11.8. The number of para-hydroxylation sites is 2. The van der Waals surface area contributed by atoms with Crippen molar-refractivity contribution in [3.63, 3.8) is 0 Å². The Bertz CT molecular complexity index is 752. The van der Waals surface area contributed by atoms with Gasteiger partial charge in [-0.2, -0.15) is 0 Å². The third-order valence-electron chi connectivity index (χ3n) is 5.11. The lowest BCUT2D eigenvalue weighted by molar-refractivity contribution is -0.121. The van der Waals surface area contributed by atoms with Crippen molar-refractivity contribution in [1.29, 1.82) is 0 Å². The van der Waals surface area contributed by atoms with Crippen LogP contribution in [0.4, 0.5) is 10.5 Å². The number of anilines is 1. The molecule has 4 N–H and O–H groups in total. The van der Waals surface area contributed by atoms with Crippen LogP contribution in [0.2, 0.25) is 0 Å². The van der Waals surface area contributed by atoms with Gasteiger partial charge in [-0.1, -0.05) is 12.1 Å². The van der Waals surface area contributed by atoms with E-state index in [4.69, 9.17) is 10.5 Å².